The molecule has 0 radical (unpaired) electrons. The van der Waals surface area contributed by atoms with Crippen molar-refractivity contribution in [3.05, 3.63) is 129 Å². The van der Waals surface area contributed by atoms with Crippen LogP contribution in [-0.2, 0) is 36.8 Å². The Balaban J connectivity index is 0.000000222. The van der Waals surface area contributed by atoms with E-state index in [1.54, 1.807) is 58.3 Å². The zero-order valence-corrected chi connectivity index (χ0v) is 38.7. The fourth-order valence-electron chi connectivity index (χ4n) is 7.10. The summed E-state index contributed by atoms with van der Waals surface area (Å²) in [5, 5.41) is 4.17. The van der Waals surface area contributed by atoms with Crippen LogP contribution in [0.4, 0.5) is 29.7 Å². The maximum Gasteiger partial charge on any atom is 0.337 e. The number of halogens is 5. The van der Waals surface area contributed by atoms with Gasteiger partial charge in [-0.05, 0) is 60.7 Å². The van der Waals surface area contributed by atoms with Gasteiger partial charge < -0.3 is 34.1 Å². The number of rotatable bonds is 9. The average molecular weight is 976 g/mol. The van der Waals surface area contributed by atoms with Gasteiger partial charge in [0.15, 0.2) is 5.78 Å². The van der Waals surface area contributed by atoms with Crippen molar-refractivity contribution in [3.8, 4) is 0 Å². The molecule has 0 unspecified atom stereocenters. The Hall–Kier alpha value is -5.40. The molecule has 0 saturated carbocycles. The van der Waals surface area contributed by atoms with Crippen molar-refractivity contribution >= 4 is 76.8 Å². The van der Waals surface area contributed by atoms with Crippen molar-refractivity contribution in [1.29, 1.82) is 0 Å². The Kier molecular flexibility index (Phi) is 19.5. The number of ketones is 1. The lowest BCUT2D eigenvalue weighted by molar-refractivity contribution is -0.140. The molecule has 0 aromatic heterocycles. The first kappa shape index (κ1) is 51.6. The van der Waals surface area contributed by atoms with Crippen LogP contribution < -0.4 is 15.1 Å². The highest BCUT2D eigenvalue weighted by Gasteiger charge is 2.33. The number of benzene rings is 4. The summed E-state index contributed by atoms with van der Waals surface area (Å²) in [5.74, 6) is -2.18. The number of urea groups is 2. The third-order valence-corrected chi connectivity index (χ3v) is 11.4. The highest BCUT2D eigenvalue weighted by atomic mass is 35.5. The van der Waals surface area contributed by atoms with Gasteiger partial charge in [-0.3, -0.25) is 19.5 Å². The maximum absolute atomic E-state index is 14.8. The second-order valence-corrected chi connectivity index (χ2v) is 16.1. The van der Waals surface area contributed by atoms with Crippen molar-refractivity contribution in [2.45, 2.75) is 19.1 Å². The Morgan fingerprint density at radius 1 is 0.667 bits per heavy atom. The van der Waals surface area contributed by atoms with E-state index in [2.05, 4.69) is 24.4 Å². The highest BCUT2D eigenvalue weighted by Crippen LogP contribution is 2.27. The van der Waals surface area contributed by atoms with Crippen LogP contribution in [0.3, 0.4) is 0 Å². The predicted molar refractivity (Wildman–Crippen MR) is 247 cm³/mol. The van der Waals surface area contributed by atoms with Gasteiger partial charge in [-0.15, -0.1) is 12.4 Å². The molecule has 0 atom stereocenters. The lowest BCUT2D eigenvalue weighted by Gasteiger charge is -2.43. The average Bonchev–Trinajstić information content (AvgIpc) is 3.29. The fourth-order valence-corrected chi connectivity index (χ4v) is 7.47. The fraction of sp³-hybridized carbons (Fsp3) is 0.370. The smallest absolute Gasteiger partial charge is 0.337 e. The van der Waals surface area contributed by atoms with Gasteiger partial charge in [0, 0.05) is 84.9 Å². The summed E-state index contributed by atoms with van der Waals surface area (Å²) in [7, 11) is 2.48. The SMILES string of the molecule is COC(=O)c1ccc(CN(C(=O)N2CCN(C3COC3)CC2)c2cccc(Cl)c2)c(F)c1.COC(=O)c1ccc(CN(C(=O)N2CCNCC2)c2cccc(Cl)c2)c(F)c1.Cl.O=C1COC1. The minimum atomic E-state index is -0.618. The Labute approximate surface area is 397 Å². The molecule has 354 valence electrons. The number of piperazine rings is 2. The molecule has 4 amide bonds. The molecule has 4 aromatic rings. The van der Waals surface area contributed by atoms with E-state index in [1.165, 1.54) is 48.3 Å². The molecule has 66 heavy (non-hydrogen) atoms. The monoisotopic (exact) mass is 974 g/mol. The van der Waals surface area contributed by atoms with Gasteiger partial charge in [0.1, 0.15) is 24.8 Å². The molecule has 4 aliphatic heterocycles. The predicted octanol–water partition coefficient (Wildman–Crippen LogP) is 6.71. The second-order valence-electron chi connectivity index (χ2n) is 15.3. The number of carbonyl (C=O) groups excluding carboxylic acids is 5. The quantitative estimate of drug-likeness (QED) is 0.178. The van der Waals surface area contributed by atoms with Gasteiger partial charge in [0.25, 0.3) is 0 Å². The molecule has 4 saturated heterocycles. The van der Waals surface area contributed by atoms with E-state index >= 15 is 0 Å². The summed E-state index contributed by atoms with van der Waals surface area (Å²) < 4.78 is 48.4. The van der Waals surface area contributed by atoms with Crippen LogP contribution in [0.15, 0.2) is 84.9 Å². The lowest BCUT2D eigenvalue weighted by Crippen LogP contribution is -2.59. The lowest BCUT2D eigenvalue weighted by atomic mass is 10.1. The number of esters is 2. The minimum Gasteiger partial charge on any atom is -0.465 e. The van der Waals surface area contributed by atoms with Crippen molar-refractivity contribution < 1.29 is 51.7 Å². The van der Waals surface area contributed by atoms with Crippen LogP contribution in [0.2, 0.25) is 10.0 Å². The molecule has 4 aromatic carbocycles. The summed E-state index contributed by atoms with van der Waals surface area (Å²) in [6.07, 6.45) is 0. The van der Waals surface area contributed by atoms with E-state index in [-0.39, 0.29) is 65.6 Å². The second kappa shape index (κ2) is 24.9. The Morgan fingerprint density at radius 3 is 1.45 bits per heavy atom. The van der Waals surface area contributed by atoms with E-state index in [0.29, 0.717) is 79.9 Å². The van der Waals surface area contributed by atoms with Crippen LogP contribution in [0.5, 0.6) is 0 Å². The number of nitrogens with zero attached hydrogens (tertiary/aromatic N) is 5. The van der Waals surface area contributed by atoms with Crippen LogP contribution >= 0.6 is 35.6 Å². The van der Waals surface area contributed by atoms with E-state index in [0.717, 1.165) is 38.4 Å². The van der Waals surface area contributed by atoms with Crippen molar-refractivity contribution in [2.24, 2.45) is 0 Å². The molecule has 0 spiro atoms. The number of amides is 4. The first-order chi connectivity index (χ1) is 31.3. The number of carbonyl (C=O) groups is 5. The van der Waals surface area contributed by atoms with Gasteiger partial charge >= 0.3 is 24.0 Å². The van der Waals surface area contributed by atoms with Crippen LogP contribution in [0.1, 0.15) is 31.8 Å². The molecule has 0 aliphatic carbocycles. The zero-order valence-electron chi connectivity index (χ0n) is 36.4. The van der Waals surface area contributed by atoms with E-state index in [9.17, 15) is 32.8 Å². The number of methoxy groups -OCH3 is 2. The number of ether oxygens (including phenoxy) is 4. The number of hydrogen-bond donors (Lipinski definition) is 1. The third-order valence-electron chi connectivity index (χ3n) is 10.9. The molecule has 20 heteroatoms. The zero-order chi connectivity index (χ0) is 46.5. The molecule has 8 rings (SSSR count). The van der Waals surface area contributed by atoms with Crippen LogP contribution in [0.25, 0.3) is 0 Å². The van der Waals surface area contributed by atoms with Crippen LogP contribution in [-0.4, -0.2) is 144 Å². The summed E-state index contributed by atoms with van der Waals surface area (Å²) in [5.41, 5.74) is 1.96. The molecule has 4 fully saturated rings. The highest BCUT2D eigenvalue weighted by molar-refractivity contribution is 6.31. The first-order valence-electron chi connectivity index (χ1n) is 20.8. The number of hydrogen-bond acceptors (Lipinski definition) is 11. The maximum atomic E-state index is 14.8. The Bertz CT molecular complexity index is 2330. The third kappa shape index (κ3) is 13.8. The van der Waals surface area contributed by atoms with Crippen LogP contribution in [0, 0.1) is 11.6 Å². The molecule has 4 heterocycles. The number of Topliss-reactive ketones (excluding diaryl/α,β-unsaturated/α-hetero) is 1. The van der Waals surface area contributed by atoms with E-state index in [4.69, 9.17) is 27.9 Å². The summed E-state index contributed by atoms with van der Waals surface area (Å²) >= 11 is 12.3. The van der Waals surface area contributed by atoms with Gasteiger partial charge in [-0.1, -0.05) is 47.5 Å². The van der Waals surface area contributed by atoms with Gasteiger partial charge in [-0.25, -0.2) is 28.0 Å². The minimum absolute atomic E-state index is 0. The standard InChI is InChI=1S/C23H25ClFN3O4.C20H21ClFN3O3.C3H4O2.ClH/c1-31-22(29)16-5-6-17(21(25)11-16)13-28(19-4-2-3-18(24)12-19)23(30)27-9-7-26(8-10-27)20-14-32-15-20;1-28-19(26)14-5-6-15(18(22)11-14)13-25(17-4-2-3-16(21)12-17)20(27)24-9-7-23-8-10-24;4-3-1-5-2-3;/h2-6,11-12,20H,7-10,13-15H2,1H3;2-6,11-12,23H,7-10,13H2,1H3;1-2H2;1H. The van der Waals surface area contributed by atoms with Gasteiger partial charge in [0.05, 0.1) is 57.7 Å². The Morgan fingerprint density at radius 2 is 1.11 bits per heavy atom. The molecule has 0 bridgehead atoms. The molecular formula is C46H51Cl3F2N6O9. The largest absolute Gasteiger partial charge is 0.465 e. The van der Waals surface area contributed by atoms with Crippen molar-refractivity contribution in [1.82, 2.24) is 20.0 Å². The molecule has 4 aliphatic rings. The first-order valence-corrected chi connectivity index (χ1v) is 21.6. The summed E-state index contributed by atoms with van der Waals surface area (Å²) in [6, 6.07) is 22.0. The van der Waals surface area contributed by atoms with Crippen molar-refractivity contribution in [3.63, 3.8) is 0 Å². The van der Waals surface area contributed by atoms with Gasteiger partial charge in [0.2, 0.25) is 0 Å². The normalized spacial score (nSPS) is 15.8. The molecule has 15 nitrogen and oxygen atoms in total. The molecule has 1 N–H and O–H groups in total. The van der Waals surface area contributed by atoms with Gasteiger partial charge in [-0.2, -0.15) is 0 Å². The number of nitrogens with one attached hydrogen (secondary N) is 1. The summed E-state index contributed by atoms with van der Waals surface area (Å²) in [4.78, 5) is 68.5. The number of anilines is 2. The topological polar surface area (TPSA) is 150 Å². The van der Waals surface area contributed by atoms with E-state index in [1.807, 2.05) is 0 Å². The summed E-state index contributed by atoms with van der Waals surface area (Å²) in [6.45, 7) is 7.43. The van der Waals surface area contributed by atoms with E-state index < -0.39 is 23.6 Å². The van der Waals surface area contributed by atoms with Crippen molar-refractivity contribution in [2.75, 3.05) is 103 Å². The molecular weight excluding hydrogens is 925 g/mol.